The Balaban J connectivity index is 1.48. The van der Waals surface area contributed by atoms with Crippen LogP contribution in [-0.4, -0.2) is 28.7 Å². The predicted molar refractivity (Wildman–Crippen MR) is 93.9 cm³/mol. The van der Waals surface area contributed by atoms with E-state index >= 15 is 0 Å². The number of benzene rings is 1. The van der Waals surface area contributed by atoms with E-state index < -0.39 is 11.8 Å². The van der Waals surface area contributed by atoms with Crippen molar-refractivity contribution in [1.29, 1.82) is 0 Å². The number of aromatic nitrogens is 2. The van der Waals surface area contributed by atoms with Crippen LogP contribution in [0.5, 0.6) is 11.5 Å². The molecule has 1 aliphatic rings. The Morgan fingerprint density at radius 1 is 1.00 bits per heavy atom. The number of hydrogen-bond acceptors (Lipinski definition) is 7. The third-order valence-corrected chi connectivity index (χ3v) is 3.75. The topological polar surface area (TPSA) is 116 Å². The van der Waals surface area contributed by atoms with Gasteiger partial charge in [0.05, 0.1) is 0 Å². The number of carbonyl (C=O) groups is 2. The minimum atomic E-state index is -0.458. The molecule has 0 saturated carbocycles. The van der Waals surface area contributed by atoms with E-state index in [2.05, 4.69) is 20.8 Å². The van der Waals surface area contributed by atoms with E-state index in [1.165, 1.54) is 18.3 Å². The Labute approximate surface area is 153 Å². The van der Waals surface area contributed by atoms with Crippen LogP contribution in [0.3, 0.4) is 0 Å². The van der Waals surface area contributed by atoms with Gasteiger partial charge >= 0.3 is 0 Å². The summed E-state index contributed by atoms with van der Waals surface area (Å²) in [6.45, 7) is 1.87. The number of nitrogens with one attached hydrogen (secondary N) is 2. The van der Waals surface area contributed by atoms with Crippen LogP contribution in [0, 0.1) is 6.92 Å². The summed E-state index contributed by atoms with van der Waals surface area (Å²) < 4.78 is 15.4. The number of hydrogen-bond donors (Lipinski definition) is 2. The molecule has 4 rings (SSSR count). The molecule has 2 N–H and O–H groups in total. The van der Waals surface area contributed by atoms with Crippen LogP contribution in [-0.2, 0) is 0 Å². The van der Waals surface area contributed by atoms with Gasteiger partial charge in [0, 0.05) is 29.6 Å². The number of nitrogens with zero attached hydrogens (tertiary/aromatic N) is 2. The van der Waals surface area contributed by atoms with Gasteiger partial charge in [0.2, 0.25) is 6.79 Å². The van der Waals surface area contributed by atoms with Crippen molar-refractivity contribution >= 4 is 23.3 Å². The second kappa shape index (κ2) is 6.79. The molecule has 0 fully saturated rings. The van der Waals surface area contributed by atoms with Gasteiger partial charge < -0.3 is 24.6 Å². The van der Waals surface area contributed by atoms with Crippen molar-refractivity contribution in [3.05, 3.63) is 59.6 Å². The zero-order valence-electron chi connectivity index (χ0n) is 14.2. The van der Waals surface area contributed by atoms with Crippen molar-refractivity contribution < 1.29 is 23.6 Å². The van der Waals surface area contributed by atoms with Gasteiger partial charge in [-0.3, -0.25) is 14.6 Å². The number of aryl methyl sites for hydroxylation is 1. The fraction of sp³-hybridized carbons (Fsp3) is 0.111. The summed E-state index contributed by atoms with van der Waals surface area (Å²) in [5, 5.41) is 9.00. The zero-order chi connectivity index (χ0) is 18.8. The Morgan fingerprint density at radius 3 is 2.67 bits per heavy atom. The van der Waals surface area contributed by atoms with Crippen LogP contribution < -0.4 is 20.1 Å². The molecular weight excluding hydrogens is 352 g/mol. The first-order chi connectivity index (χ1) is 13.1. The molecule has 27 heavy (non-hydrogen) atoms. The minimum absolute atomic E-state index is 0.0941. The second-order valence-corrected chi connectivity index (χ2v) is 5.73. The number of ether oxygens (including phenoxy) is 2. The summed E-state index contributed by atoms with van der Waals surface area (Å²) in [5.74, 6) is 1.15. The summed E-state index contributed by atoms with van der Waals surface area (Å²) in [6.07, 6.45) is 1.39. The summed E-state index contributed by atoms with van der Waals surface area (Å²) in [5.41, 5.74) is 0.886. The van der Waals surface area contributed by atoms with Gasteiger partial charge in [-0.15, -0.1) is 0 Å². The molecular formula is C18H14N4O5. The van der Waals surface area contributed by atoms with Crippen molar-refractivity contribution in [1.82, 2.24) is 10.1 Å². The minimum Gasteiger partial charge on any atom is -0.454 e. The maximum Gasteiger partial charge on any atom is 0.274 e. The molecule has 2 amide bonds. The number of carbonyl (C=O) groups excluding carboxylic acids is 2. The maximum absolute atomic E-state index is 12.4. The molecule has 0 saturated heterocycles. The summed E-state index contributed by atoms with van der Waals surface area (Å²) in [4.78, 5) is 28.8. The van der Waals surface area contributed by atoms with Crippen molar-refractivity contribution in [3.63, 3.8) is 0 Å². The largest absolute Gasteiger partial charge is 0.454 e. The average Bonchev–Trinajstić information content (AvgIpc) is 3.30. The van der Waals surface area contributed by atoms with Crippen molar-refractivity contribution in [2.75, 3.05) is 17.4 Å². The van der Waals surface area contributed by atoms with Crippen molar-refractivity contribution in [2.24, 2.45) is 0 Å². The van der Waals surface area contributed by atoms with E-state index in [0.29, 0.717) is 28.8 Å². The van der Waals surface area contributed by atoms with E-state index in [1.807, 2.05) is 0 Å². The van der Waals surface area contributed by atoms with E-state index in [1.54, 1.807) is 31.2 Å². The third-order valence-electron chi connectivity index (χ3n) is 3.75. The molecule has 0 spiro atoms. The monoisotopic (exact) mass is 366 g/mol. The quantitative estimate of drug-likeness (QED) is 0.729. The summed E-state index contributed by atoms with van der Waals surface area (Å²) >= 11 is 0. The van der Waals surface area contributed by atoms with E-state index in [0.717, 1.165) is 0 Å². The van der Waals surface area contributed by atoms with E-state index in [-0.39, 0.29) is 18.1 Å². The lowest BCUT2D eigenvalue weighted by atomic mass is 10.2. The average molecular weight is 366 g/mol. The van der Waals surface area contributed by atoms with Crippen LogP contribution in [0.2, 0.25) is 0 Å². The first kappa shape index (κ1) is 16.6. The lowest BCUT2D eigenvalue weighted by molar-refractivity contribution is 0.102. The Bertz CT molecular complexity index is 1030. The second-order valence-electron chi connectivity index (χ2n) is 5.73. The molecule has 0 atom stereocenters. The lowest BCUT2D eigenvalue weighted by Gasteiger charge is -2.07. The van der Waals surface area contributed by atoms with E-state index in [9.17, 15) is 9.59 Å². The van der Waals surface area contributed by atoms with Gasteiger partial charge in [0.1, 0.15) is 11.5 Å². The fourth-order valence-electron chi connectivity index (χ4n) is 2.48. The lowest BCUT2D eigenvalue weighted by Crippen LogP contribution is -2.17. The summed E-state index contributed by atoms with van der Waals surface area (Å²) in [7, 11) is 0. The van der Waals surface area contributed by atoms with Gasteiger partial charge in [-0.25, -0.2) is 0 Å². The van der Waals surface area contributed by atoms with Crippen LogP contribution in [0.15, 0.2) is 47.1 Å². The Kier molecular flexibility index (Phi) is 4.17. The number of amides is 2. The first-order valence-electron chi connectivity index (χ1n) is 8.00. The highest BCUT2D eigenvalue weighted by molar-refractivity contribution is 6.07. The van der Waals surface area contributed by atoms with Gasteiger partial charge in [-0.1, -0.05) is 5.16 Å². The molecule has 2 aromatic heterocycles. The van der Waals surface area contributed by atoms with Crippen molar-refractivity contribution in [2.45, 2.75) is 6.92 Å². The molecule has 136 valence electrons. The molecule has 9 nitrogen and oxygen atoms in total. The predicted octanol–water partition coefficient (Wildman–Crippen LogP) is 2.61. The number of rotatable bonds is 4. The molecule has 0 bridgehead atoms. The van der Waals surface area contributed by atoms with Crippen LogP contribution in [0.4, 0.5) is 11.5 Å². The van der Waals surface area contributed by atoms with Gasteiger partial charge in [-0.05, 0) is 31.2 Å². The van der Waals surface area contributed by atoms with Crippen LogP contribution in [0.1, 0.15) is 26.6 Å². The highest BCUT2D eigenvalue weighted by Crippen LogP contribution is 2.34. The first-order valence-corrected chi connectivity index (χ1v) is 8.00. The van der Waals surface area contributed by atoms with Crippen LogP contribution in [0.25, 0.3) is 0 Å². The molecule has 1 aliphatic heterocycles. The third kappa shape index (κ3) is 3.56. The number of pyridine rings is 1. The Hall–Kier alpha value is -3.88. The maximum atomic E-state index is 12.4. The van der Waals surface area contributed by atoms with Crippen molar-refractivity contribution in [3.8, 4) is 11.5 Å². The molecule has 3 heterocycles. The highest BCUT2D eigenvalue weighted by atomic mass is 16.7. The van der Waals surface area contributed by atoms with Gasteiger partial charge in [0.25, 0.3) is 11.8 Å². The molecule has 3 aromatic rings. The van der Waals surface area contributed by atoms with Gasteiger partial charge in [-0.2, -0.15) is 0 Å². The summed E-state index contributed by atoms with van der Waals surface area (Å²) in [6, 6.07) is 9.53. The fourth-order valence-corrected chi connectivity index (χ4v) is 2.48. The number of fused-ring (bicyclic) bond motifs is 1. The normalized spacial score (nSPS) is 11.9. The highest BCUT2D eigenvalue weighted by Gasteiger charge is 2.16. The molecule has 9 heteroatoms. The molecule has 0 aliphatic carbocycles. The smallest absolute Gasteiger partial charge is 0.274 e. The zero-order valence-corrected chi connectivity index (χ0v) is 14.2. The number of anilines is 2. The molecule has 1 aromatic carbocycles. The Morgan fingerprint density at radius 2 is 1.85 bits per heavy atom. The van der Waals surface area contributed by atoms with Gasteiger partial charge in [0.15, 0.2) is 17.3 Å². The standard InChI is InChI=1S/C18H14N4O5/c1-10-6-16(22-27-10)21-17(23)11-4-5-19-13(7-11)18(24)20-12-2-3-14-15(8-12)26-9-25-14/h2-8H,9H2,1H3,(H,20,24)(H,21,22,23). The molecule has 0 unspecified atom stereocenters. The SMILES string of the molecule is Cc1cc(NC(=O)c2ccnc(C(=O)Nc3ccc4c(c3)OCO4)c2)no1. The van der Waals surface area contributed by atoms with E-state index in [4.69, 9.17) is 14.0 Å². The molecule has 0 radical (unpaired) electrons. The van der Waals surface area contributed by atoms with Crippen LogP contribution >= 0.6 is 0 Å².